The third kappa shape index (κ3) is 4.03. The highest BCUT2D eigenvalue weighted by Crippen LogP contribution is 2.29. The number of thioether (sulfide) groups is 1. The van der Waals surface area contributed by atoms with Gasteiger partial charge in [-0.1, -0.05) is 31.3 Å². The van der Waals surface area contributed by atoms with Crippen LogP contribution in [-0.4, -0.2) is 22.9 Å². The first kappa shape index (κ1) is 17.8. The zero-order valence-corrected chi connectivity index (χ0v) is 15.2. The third-order valence-corrected chi connectivity index (χ3v) is 4.82. The standard InChI is InChI=1S/C18H21NO2S2/c1-4-6-15-13(5-2)14-9-12(7-8-16(14)21-15)10-17(23-3)18(20)19-11-22/h4,6-9,11,17H,5,10H2,1-3H3,(H,19,20,22)/b6-4-. The lowest BCUT2D eigenvalue weighted by molar-refractivity contribution is -0.119. The lowest BCUT2D eigenvalue weighted by atomic mass is 10.0. The number of hydrogen-bond donors (Lipinski definition) is 1. The fourth-order valence-corrected chi connectivity index (χ4v) is 3.40. The van der Waals surface area contributed by atoms with Crippen molar-refractivity contribution in [3.05, 3.63) is 41.2 Å². The molecule has 0 fully saturated rings. The minimum atomic E-state index is -0.154. The molecule has 0 saturated heterocycles. The molecule has 5 heteroatoms. The summed E-state index contributed by atoms with van der Waals surface area (Å²) in [5.74, 6) is 0.868. The van der Waals surface area contributed by atoms with Gasteiger partial charge in [-0.3, -0.25) is 4.79 Å². The highest BCUT2D eigenvalue weighted by Gasteiger charge is 2.18. The van der Waals surface area contributed by atoms with Crippen LogP contribution >= 0.6 is 24.0 Å². The highest BCUT2D eigenvalue weighted by molar-refractivity contribution is 7.99. The zero-order valence-electron chi connectivity index (χ0n) is 13.6. The quantitative estimate of drug-likeness (QED) is 0.755. The van der Waals surface area contributed by atoms with Crippen molar-refractivity contribution in [3.8, 4) is 0 Å². The molecule has 1 heterocycles. The first-order valence-electron chi connectivity index (χ1n) is 7.58. The van der Waals surface area contributed by atoms with Crippen molar-refractivity contribution in [2.75, 3.05) is 6.26 Å². The molecular formula is C18H21NO2S2. The first-order valence-corrected chi connectivity index (χ1v) is 9.34. The average molecular weight is 348 g/mol. The second kappa shape index (κ2) is 8.31. The van der Waals surface area contributed by atoms with Gasteiger partial charge in [-0.2, -0.15) is 11.8 Å². The Hall–Kier alpha value is -1.59. The molecule has 0 spiro atoms. The van der Waals surface area contributed by atoms with E-state index >= 15 is 0 Å². The molecule has 23 heavy (non-hydrogen) atoms. The lowest BCUT2D eigenvalue weighted by Gasteiger charge is -2.12. The monoisotopic (exact) mass is 347 g/mol. The number of hydrogen-bond acceptors (Lipinski definition) is 4. The van der Waals surface area contributed by atoms with Crippen molar-refractivity contribution in [1.29, 1.82) is 0 Å². The maximum absolute atomic E-state index is 12.0. The van der Waals surface area contributed by atoms with Crippen molar-refractivity contribution in [1.82, 2.24) is 5.32 Å². The molecule has 3 nitrogen and oxygen atoms in total. The summed E-state index contributed by atoms with van der Waals surface area (Å²) in [6.07, 6.45) is 7.49. The minimum Gasteiger partial charge on any atom is -0.456 e. The summed E-state index contributed by atoms with van der Waals surface area (Å²) in [7, 11) is 0. The van der Waals surface area contributed by atoms with Gasteiger partial charge in [0, 0.05) is 10.9 Å². The first-order chi connectivity index (χ1) is 11.1. The molecule has 1 aromatic heterocycles. The van der Waals surface area contributed by atoms with Crippen molar-refractivity contribution >= 4 is 52.4 Å². The van der Waals surface area contributed by atoms with Crippen molar-refractivity contribution in [2.45, 2.75) is 31.9 Å². The molecule has 1 amide bonds. The van der Waals surface area contributed by atoms with Crippen LogP contribution < -0.4 is 5.32 Å². The molecule has 2 aromatic rings. The summed E-state index contributed by atoms with van der Waals surface area (Å²) in [6.45, 7) is 4.11. The second-order valence-corrected chi connectivity index (χ2v) is 6.46. The summed E-state index contributed by atoms with van der Waals surface area (Å²) in [5, 5.41) is 3.58. The van der Waals surface area contributed by atoms with Gasteiger partial charge in [0.15, 0.2) is 0 Å². The summed E-state index contributed by atoms with van der Waals surface area (Å²) < 4.78 is 5.91. The van der Waals surface area contributed by atoms with Crippen molar-refractivity contribution < 1.29 is 9.21 Å². The maximum atomic E-state index is 12.0. The van der Waals surface area contributed by atoms with E-state index in [2.05, 4.69) is 18.3 Å². The zero-order chi connectivity index (χ0) is 16.8. The summed E-state index contributed by atoms with van der Waals surface area (Å²) in [5.41, 5.74) is 4.49. The van der Waals surface area contributed by atoms with Gasteiger partial charge in [0.2, 0.25) is 5.91 Å². The number of nitrogens with one attached hydrogen (secondary N) is 1. The van der Waals surface area contributed by atoms with Crippen LogP contribution in [0, 0.1) is 0 Å². The van der Waals surface area contributed by atoms with Gasteiger partial charge in [0.05, 0.1) is 10.7 Å². The molecule has 0 aliphatic rings. The minimum absolute atomic E-state index is 0.0508. The van der Waals surface area contributed by atoms with Gasteiger partial charge in [-0.05, 0) is 49.8 Å². The Morgan fingerprint density at radius 3 is 2.87 bits per heavy atom. The topological polar surface area (TPSA) is 42.2 Å². The number of carbonyl (C=O) groups is 1. The number of allylic oxidation sites excluding steroid dienone is 1. The highest BCUT2D eigenvalue weighted by atomic mass is 32.2. The van der Waals surface area contributed by atoms with Crippen LogP contribution in [-0.2, 0) is 17.6 Å². The molecule has 1 aromatic carbocycles. The molecule has 0 aliphatic carbocycles. The Labute approximate surface area is 146 Å². The van der Waals surface area contributed by atoms with E-state index < -0.39 is 0 Å². The molecule has 1 unspecified atom stereocenters. The molecule has 0 saturated carbocycles. The number of fused-ring (bicyclic) bond motifs is 1. The predicted octanol–water partition coefficient (Wildman–Crippen LogP) is 4.38. The lowest BCUT2D eigenvalue weighted by Crippen LogP contribution is -2.32. The fraction of sp³-hybridized carbons (Fsp3) is 0.333. The van der Waals surface area contributed by atoms with E-state index in [1.54, 1.807) is 0 Å². The van der Waals surface area contributed by atoms with E-state index in [1.165, 1.54) is 22.8 Å². The number of amides is 1. The third-order valence-electron chi connectivity index (χ3n) is 3.76. The number of rotatable bonds is 7. The second-order valence-electron chi connectivity index (χ2n) is 5.18. The number of thiocarbonyl (C=S) groups is 1. The van der Waals surface area contributed by atoms with E-state index in [1.807, 2.05) is 37.5 Å². The van der Waals surface area contributed by atoms with Crippen LogP contribution in [0.4, 0.5) is 0 Å². The largest absolute Gasteiger partial charge is 0.456 e. The number of aryl methyl sites for hydroxylation is 1. The number of furan rings is 1. The Balaban J connectivity index is 2.35. The van der Waals surface area contributed by atoms with Gasteiger partial charge in [0.25, 0.3) is 0 Å². The summed E-state index contributed by atoms with van der Waals surface area (Å²) in [6, 6.07) is 6.16. The van der Waals surface area contributed by atoms with Crippen LogP contribution in [0.3, 0.4) is 0 Å². The van der Waals surface area contributed by atoms with E-state index in [4.69, 9.17) is 16.6 Å². The molecule has 2 rings (SSSR count). The molecule has 0 radical (unpaired) electrons. The molecular weight excluding hydrogens is 326 g/mol. The van der Waals surface area contributed by atoms with Gasteiger partial charge in [-0.15, -0.1) is 0 Å². The van der Waals surface area contributed by atoms with Gasteiger partial charge >= 0.3 is 0 Å². The maximum Gasteiger partial charge on any atom is 0.237 e. The molecule has 0 bridgehead atoms. The van der Waals surface area contributed by atoms with Crippen LogP contribution in [0.25, 0.3) is 17.0 Å². The smallest absolute Gasteiger partial charge is 0.237 e. The van der Waals surface area contributed by atoms with E-state index in [0.29, 0.717) is 6.42 Å². The van der Waals surface area contributed by atoms with E-state index in [9.17, 15) is 4.79 Å². The Morgan fingerprint density at radius 2 is 2.26 bits per heavy atom. The molecule has 1 N–H and O–H groups in total. The van der Waals surface area contributed by atoms with Gasteiger partial charge in [0.1, 0.15) is 11.3 Å². The van der Waals surface area contributed by atoms with Crippen LogP contribution in [0.1, 0.15) is 30.7 Å². The normalized spacial score (nSPS) is 12.7. The molecule has 0 aliphatic heterocycles. The number of carbonyl (C=O) groups excluding carboxylic acids is 1. The Kier molecular flexibility index (Phi) is 6.42. The van der Waals surface area contributed by atoms with Crippen LogP contribution in [0.15, 0.2) is 28.7 Å². The fourth-order valence-electron chi connectivity index (χ4n) is 2.64. The number of benzene rings is 1. The molecule has 122 valence electrons. The van der Waals surface area contributed by atoms with Crippen molar-refractivity contribution in [2.24, 2.45) is 0 Å². The Morgan fingerprint density at radius 1 is 1.48 bits per heavy atom. The summed E-state index contributed by atoms with van der Waals surface area (Å²) in [4.78, 5) is 12.0. The van der Waals surface area contributed by atoms with E-state index in [0.717, 1.165) is 28.7 Å². The van der Waals surface area contributed by atoms with Crippen molar-refractivity contribution in [3.63, 3.8) is 0 Å². The molecule has 1 atom stereocenters. The Bertz CT molecular complexity index is 734. The van der Waals surface area contributed by atoms with E-state index in [-0.39, 0.29) is 11.2 Å². The van der Waals surface area contributed by atoms with Gasteiger partial charge < -0.3 is 9.73 Å². The van der Waals surface area contributed by atoms with Crippen LogP contribution in [0.5, 0.6) is 0 Å². The van der Waals surface area contributed by atoms with Gasteiger partial charge in [-0.25, -0.2) is 0 Å². The summed E-state index contributed by atoms with van der Waals surface area (Å²) >= 11 is 6.23. The predicted molar refractivity (Wildman–Crippen MR) is 103 cm³/mol. The SMILES string of the molecule is C/C=C\c1oc2ccc(CC(SC)C(=O)NC=S)cc2c1CC. The average Bonchev–Trinajstić information content (AvgIpc) is 2.89. The van der Waals surface area contributed by atoms with Crippen LogP contribution in [0.2, 0.25) is 0 Å².